The monoisotopic (exact) mass is 485 g/mol. The number of amides is 1. The third kappa shape index (κ3) is 4.76. The Bertz CT molecular complexity index is 1570. The highest BCUT2D eigenvalue weighted by Crippen LogP contribution is 2.41. The number of allylic oxidation sites excluding steroid dienone is 3. The van der Waals surface area contributed by atoms with Crippen molar-refractivity contribution in [2.45, 2.75) is 12.5 Å². The number of hydrogen-bond acceptors (Lipinski definition) is 4. The van der Waals surface area contributed by atoms with Crippen LogP contribution >= 0.6 is 0 Å². The summed E-state index contributed by atoms with van der Waals surface area (Å²) in [6, 6.07) is 28.3. The number of anilines is 1. The summed E-state index contributed by atoms with van der Waals surface area (Å²) in [4.78, 5) is 19.8. The first-order valence-electron chi connectivity index (χ1n) is 12.5. The Kier molecular flexibility index (Phi) is 6.03. The number of nitrogens with zero attached hydrogens (tertiary/aromatic N) is 2. The van der Waals surface area contributed by atoms with E-state index in [4.69, 9.17) is 4.74 Å². The van der Waals surface area contributed by atoms with Gasteiger partial charge >= 0.3 is 0 Å². The van der Waals surface area contributed by atoms with E-state index in [1.807, 2.05) is 66.8 Å². The summed E-state index contributed by atoms with van der Waals surface area (Å²) in [7, 11) is 2.11. The lowest BCUT2D eigenvalue weighted by molar-refractivity contribution is 0.0962. The van der Waals surface area contributed by atoms with Crippen LogP contribution in [-0.4, -0.2) is 30.6 Å². The van der Waals surface area contributed by atoms with Crippen molar-refractivity contribution in [3.8, 4) is 5.75 Å². The van der Waals surface area contributed by atoms with E-state index in [2.05, 4.69) is 58.6 Å². The summed E-state index contributed by atoms with van der Waals surface area (Å²) in [6.45, 7) is 0.909. The smallest absolute Gasteiger partial charge is 0.274 e. The highest BCUT2D eigenvalue weighted by Gasteiger charge is 2.28. The van der Waals surface area contributed by atoms with E-state index in [-0.39, 0.29) is 12.0 Å². The van der Waals surface area contributed by atoms with E-state index >= 15 is 0 Å². The Hall–Kier alpha value is -4.64. The number of pyridine rings is 1. The fraction of sp³-hybridized carbons (Fsp3) is 0.125. The standard InChI is InChI=1S/C32H27N3O2/c1-35(19-18-22-8-3-2-4-9-22)25-15-17-31-27(21-25)26-20-24(11-7-13-30(26)37-31)33-32(36)29-16-14-23-10-5-6-12-28(23)34-29/h2-17,20-21,30H,18-19H2,1H3,(H,33,36). The molecule has 1 atom stereocenters. The van der Waals surface area contributed by atoms with E-state index in [0.29, 0.717) is 11.4 Å². The Morgan fingerprint density at radius 3 is 2.73 bits per heavy atom. The highest BCUT2D eigenvalue weighted by atomic mass is 16.5. The molecule has 37 heavy (non-hydrogen) atoms. The van der Waals surface area contributed by atoms with Gasteiger partial charge in [0.1, 0.15) is 17.5 Å². The van der Waals surface area contributed by atoms with E-state index in [0.717, 1.165) is 46.4 Å². The molecule has 5 nitrogen and oxygen atoms in total. The van der Waals surface area contributed by atoms with Gasteiger partial charge in [0.2, 0.25) is 0 Å². The summed E-state index contributed by atoms with van der Waals surface area (Å²) < 4.78 is 6.21. The average Bonchev–Trinajstić information content (AvgIpc) is 3.15. The largest absolute Gasteiger partial charge is 0.481 e. The Labute approximate surface area is 216 Å². The highest BCUT2D eigenvalue weighted by molar-refractivity contribution is 5.96. The SMILES string of the molecule is CN(CCc1ccccc1)c1ccc2c(c1)C1=CC(NC(=O)c3ccc4ccccc4n3)=CC=CC1O2. The molecule has 0 saturated heterocycles. The second-order valence-corrected chi connectivity index (χ2v) is 9.33. The topological polar surface area (TPSA) is 54.5 Å². The molecule has 1 aliphatic carbocycles. The van der Waals surface area contributed by atoms with Gasteiger partial charge in [-0.2, -0.15) is 0 Å². The molecule has 5 heteroatoms. The van der Waals surface area contributed by atoms with Gasteiger partial charge in [-0.05, 0) is 60.5 Å². The number of fused-ring (bicyclic) bond motifs is 4. The number of para-hydroxylation sites is 1. The number of rotatable bonds is 6. The lowest BCUT2D eigenvalue weighted by Crippen LogP contribution is -2.23. The molecule has 4 aromatic rings. The number of nitrogens with one attached hydrogen (secondary N) is 1. The predicted octanol–water partition coefficient (Wildman–Crippen LogP) is 5.94. The van der Waals surface area contributed by atoms with Crippen LogP contribution in [0.1, 0.15) is 21.6 Å². The molecule has 0 saturated carbocycles. The van der Waals surface area contributed by atoms with Crippen LogP contribution < -0.4 is 15.0 Å². The molecule has 182 valence electrons. The van der Waals surface area contributed by atoms with Gasteiger partial charge in [0.05, 0.1) is 5.52 Å². The molecule has 1 aromatic heterocycles. The Morgan fingerprint density at radius 1 is 1.00 bits per heavy atom. The van der Waals surface area contributed by atoms with Gasteiger partial charge in [-0.25, -0.2) is 4.98 Å². The van der Waals surface area contributed by atoms with Gasteiger partial charge in [0.25, 0.3) is 5.91 Å². The first kappa shape index (κ1) is 22.8. The molecule has 1 amide bonds. The lowest BCUT2D eigenvalue weighted by Gasteiger charge is -2.20. The van der Waals surface area contributed by atoms with Crippen LogP contribution in [0.15, 0.2) is 115 Å². The minimum Gasteiger partial charge on any atom is -0.481 e. The maximum absolute atomic E-state index is 13.0. The van der Waals surface area contributed by atoms with Gasteiger partial charge < -0.3 is 15.0 Å². The molecule has 3 aromatic carbocycles. The summed E-state index contributed by atoms with van der Waals surface area (Å²) in [6.07, 6.45) is 8.62. The van der Waals surface area contributed by atoms with Crippen LogP contribution in [0, 0.1) is 0 Å². The minimum atomic E-state index is -0.241. The molecule has 1 unspecified atom stereocenters. The molecular formula is C32H27N3O2. The van der Waals surface area contributed by atoms with Gasteiger partial charge in [-0.3, -0.25) is 4.79 Å². The summed E-state index contributed by atoms with van der Waals surface area (Å²) in [5, 5.41) is 4.03. The van der Waals surface area contributed by atoms with Gasteiger partial charge in [0.15, 0.2) is 0 Å². The van der Waals surface area contributed by atoms with Crippen molar-refractivity contribution in [2.24, 2.45) is 0 Å². The third-order valence-corrected chi connectivity index (χ3v) is 6.82. The van der Waals surface area contributed by atoms with E-state index in [9.17, 15) is 4.79 Å². The molecule has 0 spiro atoms. The molecule has 0 radical (unpaired) electrons. The number of hydrogen-bond donors (Lipinski definition) is 1. The van der Waals surface area contributed by atoms with Crippen molar-refractivity contribution in [3.63, 3.8) is 0 Å². The van der Waals surface area contributed by atoms with E-state index < -0.39 is 0 Å². The number of benzene rings is 3. The van der Waals surface area contributed by atoms with Crippen LogP contribution in [-0.2, 0) is 6.42 Å². The first-order valence-corrected chi connectivity index (χ1v) is 12.5. The first-order chi connectivity index (χ1) is 18.1. The third-order valence-electron chi connectivity index (χ3n) is 6.82. The number of aromatic nitrogens is 1. The average molecular weight is 486 g/mol. The van der Waals surface area contributed by atoms with Crippen molar-refractivity contribution in [1.82, 2.24) is 10.3 Å². The van der Waals surface area contributed by atoms with Gasteiger partial charge in [0, 0.05) is 41.5 Å². The van der Waals surface area contributed by atoms with Gasteiger partial charge in [-0.1, -0.05) is 60.7 Å². The lowest BCUT2D eigenvalue weighted by atomic mass is 10.0. The fourth-order valence-corrected chi connectivity index (χ4v) is 4.75. The molecule has 6 rings (SSSR count). The van der Waals surface area contributed by atoms with Crippen molar-refractivity contribution in [3.05, 3.63) is 132 Å². The van der Waals surface area contributed by atoms with Crippen molar-refractivity contribution < 1.29 is 9.53 Å². The van der Waals surface area contributed by atoms with Crippen LogP contribution in [0.4, 0.5) is 5.69 Å². The molecule has 1 aliphatic heterocycles. The van der Waals surface area contributed by atoms with Crippen LogP contribution in [0.25, 0.3) is 16.5 Å². The quantitative estimate of drug-likeness (QED) is 0.367. The number of likely N-dealkylation sites (N-methyl/N-ethyl adjacent to an activating group) is 1. The second-order valence-electron chi connectivity index (χ2n) is 9.33. The molecular weight excluding hydrogens is 458 g/mol. The van der Waals surface area contributed by atoms with Crippen LogP contribution in [0.3, 0.4) is 0 Å². The van der Waals surface area contributed by atoms with E-state index in [1.54, 1.807) is 6.07 Å². The Morgan fingerprint density at radius 2 is 1.84 bits per heavy atom. The summed E-state index contributed by atoms with van der Waals surface area (Å²) in [5.74, 6) is 0.610. The van der Waals surface area contributed by atoms with Crippen LogP contribution in [0.5, 0.6) is 5.75 Å². The van der Waals surface area contributed by atoms with Crippen molar-refractivity contribution >= 4 is 28.1 Å². The Balaban J connectivity index is 1.22. The van der Waals surface area contributed by atoms with Crippen molar-refractivity contribution in [1.29, 1.82) is 0 Å². The summed E-state index contributed by atoms with van der Waals surface area (Å²) >= 11 is 0. The zero-order valence-corrected chi connectivity index (χ0v) is 20.6. The van der Waals surface area contributed by atoms with Crippen LogP contribution in [0.2, 0.25) is 0 Å². The fourth-order valence-electron chi connectivity index (χ4n) is 4.75. The van der Waals surface area contributed by atoms with E-state index in [1.165, 1.54) is 5.56 Å². The predicted molar refractivity (Wildman–Crippen MR) is 149 cm³/mol. The second kappa shape index (κ2) is 9.78. The maximum Gasteiger partial charge on any atom is 0.274 e. The molecule has 0 bridgehead atoms. The molecule has 0 fully saturated rings. The minimum absolute atomic E-state index is 0.190. The zero-order chi connectivity index (χ0) is 25.2. The number of carbonyl (C=O) groups is 1. The zero-order valence-electron chi connectivity index (χ0n) is 20.6. The molecule has 2 aliphatic rings. The molecule has 2 heterocycles. The number of ether oxygens (including phenoxy) is 1. The summed E-state index contributed by atoms with van der Waals surface area (Å²) in [5.41, 5.74) is 6.40. The normalized spacial score (nSPS) is 15.6. The maximum atomic E-state index is 13.0. The van der Waals surface area contributed by atoms with Crippen molar-refractivity contribution in [2.75, 3.05) is 18.5 Å². The number of carbonyl (C=O) groups excluding carboxylic acids is 1. The van der Waals surface area contributed by atoms with Gasteiger partial charge in [-0.15, -0.1) is 0 Å². The molecule has 1 N–H and O–H groups in total.